The van der Waals surface area contributed by atoms with E-state index in [1.807, 2.05) is 0 Å². The van der Waals surface area contributed by atoms with E-state index >= 15 is 0 Å². The highest BCUT2D eigenvalue weighted by Gasteiger charge is 2.31. The zero-order valence-corrected chi connectivity index (χ0v) is 9.95. The molecule has 1 fully saturated rings. The Labute approximate surface area is 107 Å². The Morgan fingerprint density at radius 3 is 3.06 bits per heavy atom. The van der Waals surface area contributed by atoms with Gasteiger partial charge in [0, 0.05) is 12.0 Å². The Hall–Kier alpha value is -1.86. The van der Waals surface area contributed by atoms with E-state index in [0.29, 0.717) is 29.2 Å². The zero-order valence-electron chi connectivity index (χ0n) is 9.19. The smallest absolute Gasteiger partial charge is 0.181 e. The summed E-state index contributed by atoms with van der Waals surface area (Å²) in [5, 5.41) is 9.72. The molecule has 94 valence electrons. The Balaban J connectivity index is 2.04. The van der Waals surface area contributed by atoms with Gasteiger partial charge >= 0.3 is 0 Å². The van der Waals surface area contributed by atoms with Crippen LogP contribution >= 0.6 is 11.6 Å². The number of nitrogens with zero attached hydrogens (tertiary/aromatic N) is 4. The first-order valence-electron chi connectivity index (χ1n) is 5.28. The molecule has 0 spiro atoms. The van der Waals surface area contributed by atoms with Crippen LogP contribution in [0.5, 0.6) is 0 Å². The molecule has 0 saturated carbocycles. The standard InChI is InChI=1S/C10H10ClN5O2/c11-2-6-5(17)1-7(18-6)16-4-15-8-9(12)13-3-14-10(8)16/h2-5,7,17H,1H2,(H2,12,13,14)/b6-2-/t5-,7+/m0/s1. The molecule has 3 heterocycles. The van der Waals surface area contributed by atoms with Gasteiger partial charge in [-0.1, -0.05) is 11.6 Å². The molecule has 2 aromatic rings. The van der Waals surface area contributed by atoms with Gasteiger partial charge in [0.25, 0.3) is 0 Å². The average Bonchev–Trinajstić information content (AvgIpc) is 2.93. The van der Waals surface area contributed by atoms with Crippen LogP contribution in [-0.2, 0) is 4.74 Å². The van der Waals surface area contributed by atoms with Gasteiger partial charge < -0.3 is 15.6 Å². The van der Waals surface area contributed by atoms with Crippen molar-refractivity contribution in [2.75, 3.05) is 5.73 Å². The quantitative estimate of drug-likeness (QED) is 0.792. The van der Waals surface area contributed by atoms with Gasteiger partial charge in [-0.25, -0.2) is 15.0 Å². The molecule has 7 nitrogen and oxygen atoms in total. The van der Waals surface area contributed by atoms with Crippen molar-refractivity contribution in [3.8, 4) is 0 Å². The molecule has 0 amide bonds. The van der Waals surface area contributed by atoms with Gasteiger partial charge in [0.05, 0.1) is 0 Å². The van der Waals surface area contributed by atoms with E-state index in [9.17, 15) is 5.11 Å². The lowest BCUT2D eigenvalue weighted by Crippen LogP contribution is -2.08. The summed E-state index contributed by atoms with van der Waals surface area (Å²) < 4.78 is 7.21. The summed E-state index contributed by atoms with van der Waals surface area (Å²) in [4.78, 5) is 12.1. The topological polar surface area (TPSA) is 99.1 Å². The number of hydrogen-bond acceptors (Lipinski definition) is 6. The molecule has 2 aromatic heterocycles. The van der Waals surface area contributed by atoms with E-state index in [1.165, 1.54) is 11.9 Å². The molecule has 2 atom stereocenters. The predicted molar refractivity (Wildman–Crippen MR) is 64.4 cm³/mol. The first-order chi connectivity index (χ1) is 8.70. The molecule has 0 radical (unpaired) electrons. The van der Waals surface area contributed by atoms with Gasteiger partial charge in [0.2, 0.25) is 0 Å². The maximum atomic E-state index is 9.72. The van der Waals surface area contributed by atoms with Crippen LogP contribution < -0.4 is 5.73 Å². The lowest BCUT2D eigenvalue weighted by Gasteiger charge is -2.11. The highest BCUT2D eigenvalue weighted by Crippen LogP contribution is 2.33. The van der Waals surface area contributed by atoms with Gasteiger partial charge in [-0.15, -0.1) is 0 Å². The maximum Gasteiger partial charge on any atom is 0.181 e. The second-order valence-corrected chi connectivity index (χ2v) is 4.14. The number of ether oxygens (including phenoxy) is 1. The van der Waals surface area contributed by atoms with Gasteiger partial charge in [-0.3, -0.25) is 4.57 Å². The number of aromatic nitrogens is 4. The first-order valence-corrected chi connectivity index (χ1v) is 5.72. The second-order valence-electron chi connectivity index (χ2n) is 3.92. The zero-order chi connectivity index (χ0) is 12.7. The number of imidazole rings is 1. The third-order valence-corrected chi connectivity index (χ3v) is 3.05. The van der Waals surface area contributed by atoms with Gasteiger partial charge in [-0.2, -0.15) is 0 Å². The molecule has 0 bridgehead atoms. The molecule has 8 heteroatoms. The lowest BCUT2D eigenvalue weighted by molar-refractivity contribution is 0.101. The molecular formula is C10H10ClN5O2. The number of hydrogen-bond donors (Lipinski definition) is 2. The van der Waals surface area contributed by atoms with Crippen LogP contribution in [0.2, 0.25) is 0 Å². The lowest BCUT2D eigenvalue weighted by atomic mass is 10.2. The minimum absolute atomic E-state index is 0.311. The third kappa shape index (κ3) is 1.59. The molecule has 3 N–H and O–H groups in total. The Kier molecular flexibility index (Phi) is 2.57. The van der Waals surface area contributed by atoms with E-state index < -0.39 is 12.3 Å². The van der Waals surface area contributed by atoms with Crippen LogP contribution in [0.3, 0.4) is 0 Å². The largest absolute Gasteiger partial charge is 0.471 e. The highest BCUT2D eigenvalue weighted by molar-refractivity contribution is 6.25. The number of anilines is 1. The summed E-state index contributed by atoms with van der Waals surface area (Å²) in [7, 11) is 0. The minimum atomic E-state index is -0.718. The second kappa shape index (κ2) is 4.11. The van der Waals surface area contributed by atoms with Crippen LogP contribution in [0.15, 0.2) is 23.9 Å². The maximum absolute atomic E-state index is 9.72. The van der Waals surface area contributed by atoms with Crippen molar-refractivity contribution in [2.24, 2.45) is 0 Å². The van der Waals surface area contributed by atoms with Crippen LogP contribution in [0.25, 0.3) is 11.2 Å². The molecule has 1 aliphatic rings. The number of nitrogen functional groups attached to an aromatic ring is 1. The molecule has 0 unspecified atom stereocenters. The van der Waals surface area contributed by atoms with Crippen LogP contribution in [-0.4, -0.2) is 30.7 Å². The fourth-order valence-electron chi connectivity index (χ4n) is 1.94. The fraction of sp³-hybridized carbons (Fsp3) is 0.300. The molecular weight excluding hydrogens is 258 g/mol. The number of nitrogens with two attached hydrogens (primary N) is 1. The van der Waals surface area contributed by atoms with Gasteiger partial charge in [-0.05, 0) is 0 Å². The molecule has 1 aliphatic heterocycles. The third-order valence-electron chi connectivity index (χ3n) is 2.83. The summed E-state index contributed by atoms with van der Waals surface area (Å²) in [6.45, 7) is 0. The van der Waals surface area contributed by atoms with E-state index in [4.69, 9.17) is 22.1 Å². The van der Waals surface area contributed by atoms with Crippen molar-refractivity contribution in [2.45, 2.75) is 18.8 Å². The summed E-state index contributed by atoms with van der Waals surface area (Å²) in [6, 6.07) is 0. The van der Waals surface area contributed by atoms with Crippen LogP contribution in [0.4, 0.5) is 5.82 Å². The van der Waals surface area contributed by atoms with Crippen LogP contribution in [0.1, 0.15) is 12.6 Å². The normalized spacial score (nSPS) is 25.8. The highest BCUT2D eigenvalue weighted by atomic mass is 35.5. The predicted octanol–water partition coefficient (Wildman–Crippen LogP) is 0.769. The van der Waals surface area contributed by atoms with Crippen molar-refractivity contribution in [3.05, 3.63) is 23.9 Å². The van der Waals surface area contributed by atoms with Crippen molar-refractivity contribution < 1.29 is 9.84 Å². The van der Waals surface area contributed by atoms with Gasteiger partial charge in [0.15, 0.2) is 17.7 Å². The van der Waals surface area contributed by atoms with E-state index in [2.05, 4.69) is 15.0 Å². The van der Waals surface area contributed by atoms with Crippen LogP contribution in [0, 0.1) is 0 Å². The van der Waals surface area contributed by atoms with Gasteiger partial charge in [0.1, 0.15) is 30.0 Å². The van der Waals surface area contributed by atoms with Crippen molar-refractivity contribution in [1.82, 2.24) is 19.5 Å². The summed E-state index contributed by atoms with van der Waals surface area (Å²) >= 11 is 5.56. The first kappa shape index (κ1) is 11.2. The summed E-state index contributed by atoms with van der Waals surface area (Å²) in [5.41, 5.74) is 8.01. The molecule has 18 heavy (non-hydrogen) atoms. The van der Waals surface area contributed by atoms with Crippen molar-refractivity contribution >= 4 is 28.6 Å². The number of halogens is 1. The SMILES string of the molecule is Nc1ncnc2c1ncn2[C@H]1C[C@H](O)/C(=C/Cl)O1. The van der Waals surface area contributed by atoms with E-state index in [0.717, 1.165) is 0 Å². The molecule has 3 rings (SSSR count). The monoisotopic (exact) mass is 267 g/mol. The minimum Gasteiger partial charge on any atom is -0.471 e. The number of aliphatic hydroxyl groups excluding tert-OH is 1. The number of fused-ring (bicyclic) bond motifs is 1. The van der Waals surface area contributed by atoms with E-state index in [1.54, 1.807) is 10.9 Å². The summed E-state index contributed by atoms with van der Waals surface area (Å²) in [5.74, 6) is 0.649. The summed E-state index contributed by atoms with van der Waals surface area (Å²) in [6.07, 6.45) is 2.19. The Bertz CT molecular complexity index is 626. The molecule has 0 aromatic carbocycles. The fourth-order valence-corrected chi connectivity index (χ4v) is 2.14. The Morgan fingerprint density at radius 2 is 2.33 bits per heavy atom. The van der Waals surface area contributed by atoms with Crippen molar-refractivity contribution in [1.29, 1.82) is 0 Å². The van der Waals surface area contributed by atoms with E-state index in [-0.39, 0.29) is 0 Å². The number of rotatable bonds is 1. The average molecular weight is 268 g/mol. The Morgan fingerprint density at radius 1 is 1.50 bits per heavy atom. The molecule has 1 saturated heterocycles. The number of aliphatic hydroxyl groups is 1. The van der Waals surface area contributed by atoms with Crippen molar-refractivity contribution in [3.63, 3.8) is 0 Å². The molecule has 0 aliphatic carbocycles.